The molecule has 142 valence electrons. The molecular weight excluding hydrogens is 346 g/mol. The van der Waals surface area contributed by atoms with E-state index >= 15 is 0 Å². The maximum Gasteiger partial charge on any atom is 0.330 e. The minimum Gasteiger partial charge on any atom is -0.323 e. The summed E-state index contributed by atoms with van der Waals surface area (Å²) in [5, 5.41) is 16.8. The molecule has 1 saturated carbocycles. The van der Waals surface area contributed by atoms with Crippen LogP contribution < -0.4 is 10.2 Å². The Balaban J connectivity index is 1.82. The van der Waals surface area contributed by atoms with Gasteiger partial charge in [0.2, 0.25) is 0 Å². The van der Waals surface area contributed by atoms with Crippen LogP contribution in [-0.2, 0) is 28.5 Å². The molecule has 1 aromatic rings. The molecule has 1 aliphatic heterocycles. The van der Waals surface area contributed by atoms with Crippen LogP contribution in [0.25, 0.3) is 0 Å². The third-order valence-corrected chi connectivity index (χ3v) is 6.49. The Morgan fingerprint density at radius 3 is 2.56 bits per heavy atom. The van der Waals surface area contributed by atoms with Crippen LogP contribution in [0.5, 0.6) is 0 Å². The molecule has 1 aromatic heterocycles. The highest BCUT2D eigenvalue weighted by molar-refractivity contribution is 6.23. The van der Waals surface area contributed by atoms with Crippen LogP contribution in [0.3, 0.4) is 0 Å². The lowest BCUT2D eigenvalue weighted by atomic mass is 9.57. The number of nitrogens with one attached hydrogen (secondary N) is 1. The van der Waals surface area contributed by atoms with Crippen molar-refractivity contribution in [3.05, 3.63) is 11.3 Å². The van der Waals surface area contributed by atoms with Crippen LogP contribution in [-0.4, -0.2) is 33.0 Å². The Bertz CT molecular complexity index is 925. The highest BCUT2D eigenvalue weighted by Gasteiger charge is 2.53. The summed E-state index contributed by atoms with van der Waals surface area (Å²) in [4.78, 5) is 38.7. The first-order chi connectivity index (χ1) is 12.6. The summed E-state index contributed by atoms with van der Waals surface area (Å²) in [6, 6.07) is 1.68. The highest BCUT2D eigenvalue weighted by Crippen LogP contribution is 2.51. The zero-order chi connectivity index (χ0) is 19.7. The number of ketones is 1. The summed E-state index contributed by atoms with van der Waals surface area (Å²) in [6.45, 7) is 5.41. The minimum absolute atomic E-state index is 0.00966. The number of amides is 3. The van der Waals surface area contributed by atoms with Gasteiger partial charge < -0.3 is 5.32 Å². The van der Waals surface area contributed by atoms with Crippen molar-refractivity contribution in [1.29, 1.82) is 5.26 Å². The van der Waals surface area contributed by atoms with Gasteiger partial charge >= 0.3 is 6.03 Å². The van der Waals surface area contributed by atoms with Crippen LogP contribution in [0.2, 0.25) is 0 Å². The van der Waals surface area contributed by atoms with Gasteiger partial charge in [0.05, 0.1) is 11.8 Å². The first kappa shape index (κ1) is 17.7. The third kappa shape index (κ3) is 2.27. The number of hydrogen-bond acceptors (Lipinski definition) is 5. The number of rotatable bonds is 1. The lowest BCUT2D eigenvalue weighted by Crippen LogP contribution is -2.45. The number of carbonyl (C=O) groups excluding carboxylic acids is 3. The zero-order valence-corrected chi connectivity index (χ0v) is 16.0. The molecule has 27 heavy (non-hydrogen) atoms. The van der Waals surface area contributed by atoms with E-state index in [-0.39, 0.29) is 17.6 Å². The number of fused-ring (bicyclic) bond motifs is 3. The summed E-state index contributed by atoms with van der Waals surface area (Å²) in [7, 11) is 1.73. The van der Waals surface area contributed by atoms with Gasteiger partial charge in [-0.2, -0.15) is 10.4 Å². The molecule has 3 atom stereocenters. The zero-order valence-electron chi connectivity index (χ0n) is 16.0. The summed E-state index contributed by atoms with van der Waals surface area (Å²) in [6.07, 6.45) is 2.25. The van der Waals surface area contributed by atoms with Gasteiger partial charge in [-0.3, -0.25) is 14.3 Å². The molecule has 0 radical (unpaired) electrons. The van der Waals surface area contributed by atoms with Crippen LogP contribution in [0, 0.1) is 23.2 Å². The number of nitriles is 1. The minimum atomic E-state index is -0.960. The molecule has 3 amide bonds. The van der Waals surface area contributed by atoms with Gasteiger partial charge in [0.1, 0.15) is 23.1 Å². The van der Waals surface area contributed by atoms with E-state index < -0.39 is 22.9 Å². The number of carbonyl (C=O) groups is 3. The maximum absolute atomic E-state index is 12.8. The average Bonchev–Trinajstić information content (AvgIpc) is 3.01. The highest BCUT2D eigenvalue weighted by atomic mass is 16.2. The Morgan fingerprint density at radius 1 is 1.26 bits per heavy atom. The summed E-state index contributed by atoms with van der Waals surface area (Å²) in [5.41, 5.74) is 0.323. The molecule has 2 heterocycles. The number of imide groups is 1. The van der Waals surface area contributed by atoms with Gasteiger partial charge in [-0.1, -0.05) is 6.92 Å². The van der Waals surface area contributed by atoms with Gasteiger partial charge in [-0.15, -0.1) is 0 Å². The predicted octanol–water partition coefficient (Wildman–Crippen LogP) is 1.58. The number of Topliss-reactive ketones (excluding diaryl/α,β-unsaturated/α-hetero) is 1. The number of anilines is 1. The van der Waals surface area contributed by atoms with Crippen LogP contribution in [0.15, 0.2) is 0 Å². The van der Waals surface area contributed by atoms with E-state index in [9.17, 15) is 19.6 Å². The fourth-order valence-corrected chi connectivity index (χ4v) is 4.93. The quantitative estimate of drug-likeness (QED) is 0.756. The van der Waals surface area contributed by atoms with Gasteiger partial charge in [0, 0.05) is 24.4 Å². The van der Waals surface area contributed by atoms with Crippen molar-refractivity contribution >= 4 is 23.5 Å². The van der Waals surface area contributed by atoms with Gasteiger partial charge in [-0.25, -0.2) is 9.69 Å². The molecule has 3 aliphatic rings. The molecule has 0 bridgehead atoms. The maximum atomic E-state index is 12.8. The second kappa shape index (κ2) is 5.41. The Labute approximate surface area is 157 Å². The number of aryl methyl sites for hydroxylation is 1. The van der Waals surface area contributed by atoms with E-state index in [4.69, 9.17) is 0 Å². The Kier molecular flexibility index (Phi) is 3.55. The van der Waals surface area contributed by atoms with Crippen molar-refractivity contribution in [1.82, 2.24) is 15.1 Å². The normalized spacial score (nSPS) is 32.0. The molecule has 8 heteroatoms. The van der Waals surface area contributed by atoms with Gasteiger partial charge in [0.25, 0.3) is 5.91 Å². The molecule has 8 nitrogen and oxygen atoms in total. The van der Waals surface area contributed by atoms with Crippen LogP contribution >= 0.6 is 0 Å². The fraction of sp³-hybridized carbons (Fsp3) is 0.632. The molecule has 0 spiro atoms. The van der Waals surface area contributed by atoms with E-state index in [0.717, 1.165) is 17.7 Å². The van der Waals surface area contributed by atoms with Crippen molar-refractivity contribution in [3.63, 3.8) is 0 Å². The molecule has 0 aromatic carbocycles. The third-order valence-electron chi connectivity index (χ3n) is 6.49. The molecular formula is C19H23N5O3. The monoisotopic (exact) mass is 369 g/mol. The molecule has 3 unspecified atom stereocenters. The first-order valence-electron chi connectivity index (χ1n) is 9.25. The van der Waals surface area contributed by atoms with Crippen molar-refractivity contribution in [2.45, 2.75) is 57.4 Å². The number of aromatic nitrogens is 2. The second-order valence-electron chi connectivity index (χ2n) is 8.68. The van der Waals surface area contributed by atoms with E-state index in [2.05, 4.69) is 23.4 Å². The lowest BCUT2D eigenvalue weighted by molar-refractivity contribution is -0.126. The topological polar surface area (TPSA) is 108 Å². The van der Waals surface area contributed by atoms with Crippen molar-refractivity contribution in [3.8, 4) is 6.07 Å². The SMILES string of the molecule is Cn1nc2c(c1N1C(=O)NC(C)(C)C1=O)CCC1CC(=O)C(C#N)CC21C. The van der Waals surface area contributed by atoms with Crippen molar-refractivity contribution in [2.24, 2.45) is 18.9 Å². The van der Waals surface area contributed by atoms with E-state index in [1.54, 1.807) is 25.6 Å². The molecule has 1 saturated heterocycles. The van der Waals surface area contributed by atoms with Gasteiger partial charge in [0.15, 0.2) is 0 Å². The Hall–Kier alpha value is -2.69. The van der Waals surface area contributed by atoms with E-state index in [0.29, 0.717) is 25.1 Å². The predicted molar refractivity (Wildman–Crippen MR) is 95.8 cm³/mol. The summed E-state index contributed by atoms with van der Waals surface area (Å²) in [5.74, 6) is -0.291. The number of urea groups is 1. The standard InChI is InChI=1S/C19H23N5O3/c1-18(2)16(26)24(17(27)21-18)15-12-6-5-11-7-13(25)10(9-20)8-19(11,3)14(12)22-23(15)4/h10-11H,5-8H2,1-4H3,(H,21,27). The Morgan fingerprint density at radius 2 is 1.96 bits per heavy atom. The fourth-order valence-electron chi connectivity index (χ4n) is 4.93. The van der Waals surface area contributed by atoms with E-state index in [1.165, 1.54) is 4.90 Å². The number of nitrogens with zero attached hydrogens (tertiary/aromatic N) is 4. The number of hydrogen-bond donors (Lipinski definition) is 1. The van der Waals surface area contributed by atoms with Crippen molar-refractivity contribution in [2.75, 3.05) is 4.90 Å². The largest absolute Gasteiger partial charge is 0.330 e. The lowest BCUT2D eigenvalue weighted by Gasteiger charge is -2.44. The molecule has 2 aliphatic carbocycles. The molecule has 2 fully saturated rings. The smallest absolute Gasteiger partial charge is 0.323 e. The molecule has 4 rings (SSSR count). The summed E-state index contributed by atoms with van der Waals surface area (Å²) >= 11 is 0. The average molecular weight is 369 g/mol. The second-order valence-corrected chi connectivity index (χ2v) is 8.68. The van der Waals surface area contributed by atoms with Crippen LogP contribution in [0.1, 0.15) is 51.3 Å². The van der Waals surface area contributed by atoms with Crippen molar-refractivity contribution < 1.29 is 14.4 Å². The molecule has 1 N–H and O–H groups in total. The van der Waals surface area contributed by atoms with Gasteiger partial charge in [-0.05, 0) is 39.0 Å². The summed E-state index contributed by atoms with van der Waals surface area (Å²) < 4.78 is 1.59. The first-order valence-corrected chi connectivity index (χ1v) is 9.25. The van der Waals surface area contributed by atoms with E-state index in [1.807, 2.05) is 0 Å². The van der Waals surface area contributed by atoms with Crippen LogP contribution in [0.4, 0.5) is 10.6 Å².